The van der Waals surface area contributed by atoms with Crippen LogP contribution >= 0.6 is 0 Å². The highest BCUT2D eigenvalue weighted by Crippen LogP contribution is 2.28. The van der Waals surface area contributed by atoms with Crippen molar-refractivity contribution in [3.63, 3.8) is 0 Å². The molecule has 0 radical (unpaired) electrons. The van der Waals surface area contributed by atoms with E-state index in [0.717, 1.165) is 17.9 Å². The summed E-state index contributed by atoms with van der Waals surface area (Å²) in [5.41, 5.74) is 2.82. The summed E-state index contributed by atoms with van der Waals surface area (Å²) in [6.07, 6.45) is 0.607. The van der Waals surface area contributed by atoms with Gasteiger partial charge in [-0.05, 0) is 30.0 Å². The molecule has 2 N–H and O–H groups in total. The molecule has 6 heteroatoms. The van der Waals surface area contributed by atoms with Crippen molar-refractivity contribution in [2.45, 2.75) is 19.9 Å². The number of carboxylic acid groups (broad SMARTS) is 1. The largest absolute Gasteiger partial charge is 0.481 e. The maximum Gasteiger partial charge on any atom is 0.321 e. The van der Waals surface area contributed by atoms with Crippen LogP contribution in [0.1, 0.15) is 18.9 Å². The Bertz CT molecular complexity index is 825. The Hall–Kier alpha value is -3.02. The number of amides is 2. The summed E-state index contributed by atoms with van der Waals surface area (Å²) in [7, 11) is 1.99. The van der Waals surface area contributed by atoms with Crippen LogP contribution in [0.25, 0.3) is 0 Å². The number of carboxylic acids is 1. The second-order valence-electron chi connectivity index (χ2n) is 7.57. The van der Waals surface area contributed by atoms with Gasteiger partial charge in [0.25, 0.3) is 0 Å². The van der Waals surface area contributed by atoms with E-state index in [1.807, 2.05) is 56.4 Å². The topological polar surface area (TPSA) is 72.9 Å². The fourth-order valence-corrected chi connectivity index (χ4v) is 3.75. The Morgan fingerprint density at radius 2 is 1.79 bits per heavy atom. The van der Waals surface area contributed by atoms with Gasteiger partial charge in [-0.25, -0.2) is 4.79 Å². The maximum atomic E-state index is 12.8. The molecule has 0 aromatic heterocycles. The average Bonchev–Trinajstić information content (AvgIpc) is 2.68. The molecule has 6 nitrogen and oxygen atoms in total. The number of piperidine rings is 1. The molecule has 1 fully saturated rings. The van der Waals surface area contributed by atoms with Gasteiger partial charge in [-0.15, -0.1) is 0 Å². The zero-order valence-corrected chi connectivity index (χ0v) is 16.3. The number of hydrogen-bond donors (Lipinski definition) is 2. The summed E-state index contributed by atoms with van der Waals surface area (Å²) in [5, 5.41) is 12.3. The third-order valence-corrected chi connectivity index (χ3v) is 5.12. The van der Waals surface area contributed by atoms with Crippen LogP contribution in [0.15, 0.2) is 54.6 Å². The normalized spacial score (nSPS) is 19.1. The van der Waals surface area contributed by atoms with E-state index in [4.69, 9.17) is 0 Å². The molecule has 148 valence electrons. The van der Waals surface area contributed by atoms with Gasteiger partial charge in [-0.2, -0.15) is 0 Å². The second kappa shape index (κ2) is 8.78. The van der Waals surface area contributed by atoms with Gasteiger partial charge in [0.05, 0.1) is 17.3 Å². The number of carbonyl (C=O) groups excluding carboxylic acids is 1. The maximum absolute atomic E-state index is 12.8. The van der Waals surface area contributed by atoms with Crippen LogP contribution in [-0.4, -0.2) is 42.1 Å². The van der Waals surface area contributed by atoms with Crippen molar-refractivity contribution in [1.82, 2.24) is 4.90 Å². The van der Waals surface area contributed by atoms with Crippen LogP contribution in [0.4, 0.5) is 16.2 Å². The number of benzene rings is 2. The highest BCUT2D eigenvalue weighted by molar-refractivity contribution is 5.93. The van der Waals surface area contributed by atoms with E-state index >= 15 is 0 Å². The second-order valence-corrected chi connectivity index (χ2v) is 7.57. The number of likely N-dealkylation sites (tertiary alicyclic amines) is 1. The van der Waals surface area contributed by atoms with E-state index in [1.165, 1.54) is 5.56 Å². The third-order valence-electron chi connectivity index (χ3n) is 5.12. The summed E-state index contributed by atoms with van der Waals surface area (Å²) < 4.78 is 0. The summed E-state index contributed by atoms with van der Waals surface area (Å²) in [6, 6.07) is 17.6. The third kappa shape index (κ3) is 4.82. The number of rotatable bonds is 5. The number of para-hydroxylation sites is 2. The van der Waals surface area contributed by atoms with Crippen LogP contribution < -0.4 is 10.2 Å². The number of urea groups is 1. The van der Waals surface area contributed by atoms with Crippen LogP contribution in [0.3, 0.4) is 0 Å². The lowest BCUT2D eigenvalue weighted by atomic mass is 9.91. The van der Waals surface area contributed by atoms with Crippen LogP contribution in [0, 0.1) is 11.8 Å². The molecular formula is C22H27N3O3. The van der Waals surface area contributed by atoms with Gasteiger partial charge in [-0.3, -0.25) is 4.79 Å². The number of carbonyl (C=O) groups is 2. The monoisotopic (exact) mass is 381 g/mol. The molecule has 28 heavy (non-hydrogen) atoms. The first-order chi connectivity index (χ1) is 13.4. The van der Waals surface area contributed by atoms with E-state index in [9.17, 15) is 14.7 Å². The summed E-state index contributed by atoms with van der Waals surface area (Å²) in [6.45, 7) is 3.51. The molecule has 1 heterocycles. The van der Waals surface area contributed by atoms with E-state index < -0.39 is 11.9 Å². The molecule has 1 aliphatic heterocycles. The van der Waals surface area contributed by atoms with Gasteiger partial charge in [-0.1, -0.05) is 49.4 Å². The Morgan fingerprint density at radius 3 is 2.50 bits per heavy atom. The first-order valence-corrected chi connectivity index (χ1v) is 9.57. The van der Waals surface area contributed by atoms with E-state index in [0.29, 0.717) is 13.0 Å². The van der Waals surface area contributed by atoms with Crippen molar-refractivity contribution in [2.75, 3.05) is 30.4 Å². The molecule has 0 spiro atoms. The van der Waals surface area contributed by atoms with Gasteiger partial charge in [0.15, 0.2) is 0 Å². The van der Waals surface area contributed by atoms with E-state index in [1.54, 1.807) is 4.90 Å². The SMILES string of the molecule is CC1CC(C(=O)O)CN(C(=O)Nc2ccccc2N(C)Cc2ccccc2)C1. The Morgan fingerprint density at radius 1 is 1.11 bits per heavy atom. The average molecular weight is 381 g/mol. The van der Waals surface area contributed by atoms with Crippen LogP contribution in [-0.2, 0) is 11.3 Å². The van der Waals surface area contributed by atoms with Crippen molar-refractivity contribution in [1.29, 1.82) is 0 Å². The Kier molecular flexibility index (Phi) is 6.19. The number of nitrogens with zero attached hydrogens (tertiary/aromatic N) is 2. The number of anilines is 2. The molecule has 1 saturated heterocycles. The van der Waals surface area contributed by atoms with Crippen molar-refractivity contribution >= 4 is 23.4 Å². The molecule has 2 unspecified atom stereocenters. The zero-order chi connectivity index (χ0) is 20.1. The minimum atomic E-state index is -0.840. The molecule has 0 saturated carbocycles. The zero-order valence-electron chi connectivity index (χ0n) is 16.3. The number of aliphatic carboxylic acids is 1. The van der Waals surface area contributed by atoms with Crippen LogP contribution in [0.2, 0.25) is 0 Å². The lowest BCUT2D eigenvalue weighted by Gasteiger charge is -2.35. The van der Waals surface area contributed by atoms with Crippen molar-refractivity contribution < 1.29 is 14.7 Å². The van der Waals surface area contributed by atoms with Crippen molar-refractivity contribution in [2.24, 2.45) is 11.8 Å². The summed E-state index contributed by atoms with van der Waals surface area (Å²) in [5.74, 6) is -1.19. The molecular weight excluding hydrogens is 354 g/mol. The number of hydrogen-bond acceptors (Lipinski definition) is 3. The first-order valence-electron chi connectivity index (χ1n) is 9.57. The Balaban J connectivity index is 1.72. The first kappa shape index (κ1) is 19.7. The lowest BCUT2D eigenvalue weighted by Crippen LogP contribution is -2.47. The van der Waals surface area contributed by atoms with Gasteiger partial charge >= 0.3 is 12.0 Å². The van der Waals surface area contributed by atoms with Gasteiger partial charge in [0.2, 0.25) is 0 Å². The minimum absolute atomic E-state index is 0.164. The molecule has 2 amide bonds. The Labute approximate surface area is 165 Å². The molecule has 3 rings (SSSR count). The van der Waals surface area contributed by atoms with Gasteiger partial charge in [0, 0.05) is 26.7 Å². The fourth-order valence-electron chi connectivity index (χ4n) is 3.75. The van der Waals surface area contributed by atoms with Crippen LogP contribution in [0.5, 0.6) is 0 Å². The van der Waals surface area contributed by atoms with Crippen molar-refractivity contribution in [3.05, 3.63) is 60.2 Å². The molecule has 1 aliphatic rings. The number of nitrogens with one attached hydrogen (secondary N) is 1. The summed E-state index contributed by atoms with van der Waals surface area (Å²) in [4.78, 5) is 27.9. The highest BCUT2D eigenvalue weighted by atomic mass is 16.4. The molecule has 2 atom stereocenters. The van der Waals surface area contributed by atoms with Gasteiger partial charge in [0.1, 0.15) is 0 Å². The van der Waals surface area contributed by atoms with Crippen molar-refractivity contribution in [3.8, 4) is 0 Å². The van der Waals surface area contributed by atoms with Gasteiger partial charge < -0.3 is 20.2 Å². The predicted molar refractivity (Wildman–Crippen MR) is 110 cm³/mol. The predicted octanol–water partition coefficient (Wildman–Crippen LogP) is 3.90. The smallest absolute Gasteiger partial charge is 0.321 e. The van der Waals surface area contributed by atoms with E-state index in [2.05, 4.69) is 22.3 Å². The molecule has 0 aliphatic carbocycles. The summed E-state index contributed by atoms with van der Waals surface area (Å²) >= 11 is 0. The van der Waals surface area contributed by atoms with E-state index in [-0.39, 0.29) is 18.5 Å². The molecule has 0 bridgehead atoms. The lowest BCUT2D eigenvalue weighted by molar-refractivity contribution is -0.143. The molecule has 2 aromatic carbocycles. The molecule has 2 aromatic rings. The standard InChI is InChI=1S/C22H27N3O3/c1-16-12-18(21(26)27)15-25(13-16)22(28)23-19-10-6-7-11-20(19)24(2)14-17-8-4-3-5-9-17/h3-11,16,18H,12-15H2,1-2H3,(H,23,28)(H,26,27). The highest BCUT2D eigenvalue weighted by Gasteiger charge is 2.32. The fraction of sp³-hybridized carbons (Fsp3) is 0.364. The minimum Gasteiger partial charge on any atom is -0.481 e. The quantitative estimate of drug-likeness (QED) is 0.824.